The van der Waals surface area contributed by atoms with E-state index in [1.54, 1.807) is 10.9 Å². The molecule has 0 amide bonds. The van der Waals surface area contributed by atoms with Crippen LogP contribution in [0.15, 0.2) is 12.3 Å². The van der Waals surface area contributed by atoms with Crippen molar-refractivity contribution in [2.24, 2.45) is 7.05 Å². The van der Waals surface area contributed by atoms with Gasteiger partial charge in [-0.2, -0.15) is 10.1 Å². The van der Waals surface area contributed by atoms with Crippen molar-refractivity contribution < 1.29 is 9.66 Å². The summed E-state index contributed by atoms with van der Waals surface area (Å²) in [5.41, 5.74) is 2.42. The van der Waals surface area contributed by atoms with Crippen molar-refractivity contribution in [3.8, 4) is 17.0 Å². The molecule has 0 saturated carbocycles. The first kappa shape index (κ1) is 12.4. The number of nitrogens with one attached hydrogen (secondary N) is 1. The van der Waals surface area contributed by atoms with E-state index in [1.165, 1.54) is 13.2 Å². The van der Waals surface area contributed by atoms with Crippen LogP contribution in [-0.4, -0.2) is 33.3 Å². The molecule has 1 N–H and O–H groups in total. The van der Waals surface area contributed by atoms with Gasteiger partial charge in [-0.15, -0.1) is 0 Å². The summed E-state index contributed by atoms with van der Waals surface area (Å²) in [6.07, 6.45) is 2.48. The molecule has 1 aliphatic rings. The van der Waals surface area contributed by atoms with Gasteiger partial charge in [0.1, 0.15) is 5.82 Å². The molecule has 0 atom stereocenters. The summed E-state index contributed by atoms with van der Waals surface area (Å²) in [5.74, 6) is 0.591. The molecule has 2 aromatic rings. The Morgan fingerprint density at radius 1 is 1.50 bits per heavy atom. The van der Waals surface area contributed by atoms with Crippen LogP contribution in [0.5, 0.6) is 5.88 Å². The van der Waals surface area contributed by atoms with Crippen molar-refractivity contribution in [1.29, 1.82) is 0 Å². The number of fused-ring (bicyclic) bond motifs is 3. The van der Waals surface area contributed by atoms with Crippen molar-refractivity contribution in [2.75, 3.05) is 19.0 Å². The third kappa shape index (κ3) is 1.77. The lowest BCUT2D eigenvalue weighted by Gasteiger charge is -2.08. The number of aromatic nitrogens is 3. The Hall–Kier alpha value is -2.64. The molecule has 0 aromatic carbocycles. The Bertz CT molecular complexity index is 695. The van der Waals surface area contributed by atoms with Crippen molar-refractivity contribution in [3.63, 3.8) is 0 Å². The van der Waals surface area contributed by atoms with Crippen LogP contribution < -0.4 is 10.1 Å². The van der Waals surface area contributed by atoms with E-state index in [2.05, 4.69) is 15.4 Å². The zero-order valence-corrected chi connectivity index (χ0v) is 11.1. The van der Waals surface area contributed by atoms with E-state index in [0.717, 1.165) is 17.7 Å². The Kier molecular flexibility index (Phi) is 2.78. The maximum absolute atomic E-state index is 11.1. The van der Waals surface area contributed by atoms with Crippen molar-refractivity contribution in [1.82, 2.24) is 14.8 Å². The molecule has 0 bridgehead atoms. The summed E-state index contributed by atoms with van der Waals surface area (Å²) in [6, 6.07) is 1.49. The topological polar surface area (TPSA) is 95.1 Å². The normalized spacial score (nSPS) is 12.9. The highest BCUT2D eigenvalue weighted by Crippen LogP contribution is 2.38. The highest BCUT2D eigenvalue weighted by Gasteiger charge is 2.25. The Morgan fingerprint density at radius 3 is 3.00 bits per heavy atom. The average molecular weight is 275 g/mol. The molecule has 8 heteroatoms. The number of nitrogens with zero attached hydrogens (tertiary/aromatic N) is 4. The van der Waals surface area contributed by atoms with Crippen LogP contribution >= 0.6 is 0 Å². The SMILES string of the molecule is COc1nc2c(cc1[N+](=O)[O-])-c1cnn(C)c1CCN2. The van der Waals surface area contributed by atoms with E-state index in [4.69, 9.17) is 4.74 Å². The van der Waals surface area contributed by atoms with E-state index in [-0.39, 0.29) is 11.6 Å². The highest BCUT2D eigenvalue weighted by atomic mass is 16.6. The number of anilines is 1. The minimum Gasteiger partial charge on any atom is -0.476 e. The van der Waals surface area contributed by atoms with Crippen LogP contribution in [0.25, 0.3) is 11.1 Å². The van der Waals surface area contributed by atoms with Gasteiger partial charge >= 0.3 is 5.69 Å². The average Bonchev–Trinajstić information content (AvgIpc) is 2.70. The second-order valence-electron chi connectivity index (χ2n) is 4.48. The molecule has 0 unspecified atom stereocenters. The summed E-state index contributed by atoms with van der Waals surface area (Å²) >= 11 is 0. The highest BCUT2D eigenvalue weighted by molar-refractivity contribution is 5.80. The summed E-state index contributed by atoms with van der Waals surface area (Å²) < 4.78 is 6.77. The molecule has 0 aliphatic carbocycles. The second kappa shape index (κ2) is 4.48. The van der Waals surface area contributed by atoms with Crippen molar-refractivity contribution in [3.05, 3.63) is 28.1 Å². The van der Waals surface area contributed by atoms with Gasteiger partial charge in [0.2, 0.25) is 0 Å². The summed E-state index contributed by atoms with van der Waals surface area (Å²) in [5, 5.41) is 18.5. The maximum atomic E-state index is 11.1. The van der Waals surface area contributed by atoms with Gasteiger partial charge in [0.15, 0.2) is 0 Å². The van der Waals surface area contributed by atoms with E-state index < -0.39 is 4.92 Å². The van der Waals surface area contributed by atoms with Crippen LogP contribution in [0.1, 0.15) is 5.69 Å². The lowest BCUT2D eigenvalue weighted by Crippen LogP contribution is -2.08. The van der Waals surface area contributed by atoms with Crippen LogP contribution in [0.3, 0.4) is 0 Å². The zero-order chi connectivity index (χ0) is 14.3. The van der Waals surface area contributed by atoms with Crippen molar-refractivity contribution in [2.45, 2.75) is 6.42 Å². The van der Waals surface area contributed by atoms with Gasteiger partial charge in [-0.25, -0.2) is 0 Å². The monoisotopic (exact) mass is 275 g/mol. The Balaban J connectivity index is 2.26. The number of ether oxygens (including phenoxy) is 1. The number of nitro groups is 1. The lowest BCUT2D eigenvalue weighted by molar-refractivity contribution is -0.386. The number of pyridine rings is 1. The van der Waals surface area contributed by atoms with Gasteiger partial charge in [-0.05, 0) is 0 Å². The third-order valence-corrected chi connectivity index (χ3v) is 3.36. The molecule has 104 valence electrons. The lowest BCUT2D eigenvalue weighted by atomic mass is 10.1. The minimum absolute atomic E-state index is 0.00795. The van der Waals surface area contributed by atoms with Crippen LogP contribution in [0.4, 0.5) is 11.5 Å². The molecule has 20 heavy (non-hydrogen) atoms. The van der Waals surface area contributed by atoms with Crippen molar-refractivity contribution >= 4 is 11.5 Å². The Labute approximate surface area is 114 Å². The number of rotatable bonds is 2. The predicted molar refractivity (Wildman–Crippen MR) is 71.8 cm³/mol. The quantitative estimate of drug-likeness (QED) is 0.657. The van der Waals surface area contributed by atoms with Gasteiger partial charge in [-0.3, -0.25) is 14.8 Å². The molecule has 0 saturated heterocycles. The fraction of sp³-hybridized carbons (Fsp3) is 0.333. The predicted octanol–water partition coefficient (Wildman–Crippen LogP) is 1.37. The fourth-order valence-corrected chi connectivity index (χ4v) is 2.39. The number of aryl methyl sites for hydroxylation is 1. The van der Waals surface area contributed by atoms with E-state index in [0.29, 0.717) is 17.9 Å². The first-order valence-corrected chi connectivity index (χ1v) is 6.10. The molecule has 3 rings (SSSR count). The largest absolute Gasteiger partial charge is 0.476 e. The second-order valence-corrected chi connectivity index (χ2v) is 4.48. The molecule has 2 aromatic heterocycles. The van der Waals surface area contributed by atoms with Crippen LogP contribution in [-0.2, 0) is 13.5 Å². The number of hydrogen-bond acceptors (Lipinski definition) is 6. The summed E-state index contributed by atoms with van der Waals surface area (Å²) in [6.45, 7) is 0.688. The van der Waals surface area contributed by atoms with Crippen LogP contribution in [0, 0.1) is 10.1 Å². The molecule has 3 heterocycles. The van der Waals surface area contributed by atoms with E-state index >= 15 is 0 Å². The third-order valence-electron chi connectivity index (χ3n) is 3.36. The molecular weight excluding hydrogens is 262 g/mol. The van der Waals surface area contributed by atoms with Crippen LogP contribution in [0.2, 0.25) is 0 Å². The Morgan fingerprint density at radius 2 is 2.30 bits per heavy atom. The maximum Gasteiger partial charge on any atom is 0.331 e. The first-order valence-electron chi connectivity index (χ1n) is 6.10. The number of hydrogen-bond donors (Lipinski definition) is 1. The smallest absolute Gasteiger partial charge is 0.331 e. The molecule has 1 aliphatic heterocycles. The fourth-order valence-electron chi connectivity index (χ4n) is 2.39. The first-order chi connectivity index (χ1) is 9.61. The van der Waals surface area contributed by atoms with Gasteiger partial charge in [0, 0.05) is 42.9 Å². The summed E-state index contributed by atoms with van der Waals surface area (Å²) in [4.78, 5) is 14.8. The standard InChI is InChI=1S/C12H13N5O3/c1-16-9-3-4-13-11-7(8(9)6-14-16)5-10(17(18)19)12(15-11)20-2/h5-6H,3-4H2,1-2H3,(H,13,15). The molecular formula is C12H13N5O3. The summed E-state index contributed by atoms with van der Waals surface area (Å²) in [7, 11) is 3.23. The zero-order valence-electron chi connectivity index (χ0n) is 11.1. The minimum atomic E-state index is -0.493. The van der Waals surface area contributed by atoms with Gasteiger partial charge < -0.3 is 10.1 Å². The van der Waals surface area contributed by atoms with E-state index in [9.17, 15) is 10.1 Å². The van der Waals surface area contributed by atoms with Gasteiger partial charge in [0.05, 0.1) is 18.2 Å². The van der Waals surface area contributed by atoms with Gasteiger partial charge in [-0.1, -0.05) is 0 Å². The van der Waals surface area contributed by atoms with Gasteiger partial charge in [0.25, 0.3) is 5.88 Å². The number of methoxy groups -OCH3 is 1. The van der Waals surface area contributed by atoms with E-state index in [1.807, 2.05) is 7.05 Å². The molecule has 8 nitrogen and oxygen atoms in total. The molecule has 0 radical (unpaired) electrons. The molecule has 0 fully saturated rings. The molecule has 0 spiro atoms.